The third kappa shape index (κ3) is 5.80. The van der Waals surface area contributed by atoms with Crippen LogP contribution in [0.5, 0.6) is 0 Å². The zero-order valence-corrected chi connectivity index (χ0v) is 22.6. The molecule has 0 bridgehead atoms. The topological polar surface area (TPSA) is 36.1 Å². The number of H-pyrrole nitrogens is 1. The highest BCUT2D eigenvalue weighted by molar-refractivity contribution is 7.12. The van der Waals surface area contributed by atoms with E-state index in [1.807, 2.05) is 18.2 Å². The number of carbonyl (C=O) groups is 1. The summed E-state index contributed by atoms with van der Waals surface area (Å²) in [6.07, 6.45) is -1.43. The molecule has 1 atom stereocenters. The van der Waals surface area contributed by atoms with Gasteiger partial charge in [-0.15, -0.1) is 11.3 Å². The highest BCUT2D eigenvalue weighted by Crippen LogP contribution is 2.40. The molecule has 194 valence electrons. The lowest BCUT2D eigenvalue weighted by atomic mass is 9.88. The minimum absolute atomic E-state index is 0.00187. The monoisotopic (exact) mass is 584 g/mol. The second-order valence-corrected chi connectivity index (χ2v) is 11.7. The quantitative estimate of drug-likeness (QED) is 0.241. The van der Waals surface area contributed by atoms with E-state index >= 15 is 0 Å². The molecule has 2 aromatic heterocycles. The molecule has 1 amide bonds. The largest absolute Gasteiger partial charge is 0.392 e. The van der Waals surface area contributed by atoms with Gasteiger partial charge in [-0.05, 0) is 73.2 Å². The Morgan fingerprint density at radius 3 is 2.65 bits per heavy atom. The molecule has 1 aliphatic carbocycles. The molecule has 3 nitrogen and oxygen atoms in total. The van der Waals surface area contributed by atoms with E-state index < -0.39 is 12.1 Å². The maximum absolute atomic E-state index is 13.8. The van der Waals surface area contributed by atoms with Crippen LogP contribution in [-0.2, 0) is 25.8 Å². The molecule has 1 N–H and O–H groups in total. The fourth-order valence-electron chi connectivity index (χ4n) is 4.80. The van der Waals surface area contributed by atoms with E-state index in [2.05, 4.69) is 4.98 Å². The van der Waals surface area contributed by atoms with Crippen LogP contribution in [0, 0.1) is 5.92 Å². The number of aromatic amines is 1. The first-order chi connectivity index (χ1) is 17.6. The minimum Gasteiger partial charge on any atom is -0.361 e. The van der Waals surface area contributed by atoms with Crippen molar-refractivity contribution in [3.8, 4) is 0 Å². The van der Waals surface area contributed by atoms with Gasteiger partial charge < -0.3 is 9.88 Å². The summed E-state index contributed by atoms with van der Waals surface area (Å²) >= 11 is 19.9. The van der Waals surface area contributed by atoms with Gasteiger partial charge in [-0.3, -0.25) is 4.79 Å². The number of aryl methyl sites for hydroxylation is 1. The van der Waals surface area contributed by atoms with E-state index in [9.17, 15) is 18.0 Å². The van der Waals surface area contributed by atoms with Crippen LogP contribution >= 0.6 is 46.1 Å². The highest BCUT2D eigenvalue weighted by atomic mass is 35.5. The zero-order valence-electron chi connectivity index (χ0n) is 19.5. The maximum Gasteiger partial charge on any atom is 0.392 e. The van der Waals surface area contributed by atoms with Crippen molar-refractivity contribution in [2.24, 2.45) is 5.92 Å². The number of benzene rings is 2. The molecule has 2 aromatic carbocycles. The number of fused-ring (bicyclic) bond motifs is 2. The molecule has 0 saturated heterocycles. The molecule has 1 aliphatic rings. The van der Waals surface area contributed by atoms with E-state index in [0.717, 1.165) is 26.3 Å². The number of nitrogens with zero attached hydrogens (tertiary/aromatic N) is 1. The summed E-state index contributed by atoms with van der Waals surface area (Å²) in [7, 11) is 0. The lowest BCUT2D eigenvalue weighted by Crippen LogP contribution is -2.32. The van der Waals surface area contributed by atoms with Gasteiger partial charge in [-0.2, -0.15) is 13.2 Å². The van der Waals surface area contributed by atoms with Crippen LogP contribution in [0.4, 0.5) is 13.2 Å². The van der Waals surface area contributed by atoms with Gasteiger partial charge >= 0.3 is 6.18 Å². The predicted molar refractivity (Wildman–Crippen MR) is 144 cm³/mol. The fourth-order valence-corrected chi connectivity index (χ4v) is 6.66. The summed E-state index contributed by atoms with van der Waals surface area (Å²) in [4.78, 5) is 20.3. The van der Waals surface area contributed by atoms with Crippen molar-refractivity contribution in [3.05, 3.63) is 90.2 Å². The molecule has 10 heteroatoms. The summed E-state index contributed by atoms with van der Waals surface area (Å²) < 4.78 is 39.9. The van der Waals surface area contributed by atoms with Gasteiger partial charge in [0.25, 0.3) is 5.91 Å². The molecule has 0 fully saturated rings. The summed E-state index contributed by atoms with van der Waals surface area (Å²) in [5.41, 5.74) is 3.00. The number of nitrogens with one attached hydrogen (secondary N) is 1. The normalized spacial score (nSPS) is 15.7. The average Bonchev–Trinajstić information content (AvgIpc) is 3.48. The van der Waals surface area contributed by atoms with Crippen molar-refractivity contribution in [1.82, 2.24) is 9.88 Å². The van der Waals surface area contributed by atoms with E-state index in [-0.39, 0.29) is 25.3 Å². The van der Waals surface area contributed by atoms with Crippen LogP contribution in [0.2, 0.25) is 15.1 Å². The summed E-state index contributed by atoms with van der Waals surface area (Å²) in [6, 6.07) is 12.6. The highest BCUT2D eigenvalue weighted by Gasteiger charge is 2.41. The molecule has 0 saturated carbocycles. The molecule has 4 aromatic rings. The minimum atomic E-state index is -4.20. The van der Waals surface area contributed by atoms with Crippen LogP contribution in [0.3, 0.4) is 0 Å². The van der Waals surface area contributed by atoms with Crippen LogP contribution in [0.1, 0.15) is 37.7 Å². The van der Waals surface area contributed by atoms with E-state index in [1.165, 1.54) is 11.3 Å². The van der Waals surface area contributed by atoms with Crippen LogP contribution in [-0.4, -0.2) is 28.5 Å². The number of halogens is 6. The Bertz CT molecular complexity index is 1460. The van der Waals surface area contributed by atoms with Crippen molar-refractivity contribution in [1.29, 1.82) is 0 Å². The smallest absolute Gasteiger partial charge is 0.361 e. The number of thiophene rings is 1. The number of hydrogen-bond acceptors (Lipinski definition) is 2. The van der Waals surface area contributed by atoms with Crippen molar-refractivity contribution < 1.29 is 18.0 Å². The zero-order chi connectivity index (χ0) is 26.3. The van der Waals surface area contributed by atoms with Gasteiger partial charge in [-0.25, -0.2) is 0 Å². The van der Waals surface area contributed by atoms with Gasteiger partial charge in [0.05, 0.1) is 33.6 Å². The number of aromatic nitrogens is 1. The van der Waals surface area contributed by atoms with E-state index in [0.29, 0.717) is 45.5 Å². The average molecular weight is 586 g/mol. The van der Waals surface area contributed by atoms with Gasteiger partial charge in [0.2, 0.25) is 0 Å². The molecule has 0 spiro atoms. The van der Waals surface area contributed by atoms with Crippen LogP contribution in [0.15, 0.2) is 48.7 Å². The second-order valence-electron chi connectivity index (χ2n) is 9.26. The van der Waals surface area contributed by atoms with Crippen molar-refractivity contribution in [2.45, 2.75) is 38.4 Å². The van der Waals surface area contributed by atoms with Crippen molar-refractivity contribution in [3.63, 3.8) is 0 Å². The van der Waals surface area contributed by atoms with Gasteiger partial charge in [-0.1, -0.05) is 40.9 Å². The first-order valence-electron chi connectivity index (χ1n) is 11.8. The fraction of sp³-hybridized carbons (Fsp3) is 0.296. The van der Waals surface area contributed by atoms with Gasteiger partial charge in [0.15, 0.2) is 0 Å². The standard InChI is InChI=1S/C27H22Cl3F3N2OS/c28-19-10-17-5-7-34-25(17)21(13-19)26(36)35(8-6-15-1-4-22(29)23(30)9-15)14-20-11-16-2-3-18(27(31,32)33)12-24(16)37-20/h1,4-5,7,9-11,13,18,34H,2-3,6,8,12,14H2. The third-order valence-electron chi connectivity index (χ3n) is 6.75. The lowest BCUT2D eigenvalue weighted by molar-refractivity contribution is -0.176. The number of amides is 1. The van der Waals surface area contributed by atoms with Crippen molar-refractivity contribution in [2.75, 3.05) is 6.54 Å². The Kier molecular flexibility index (Phi) is 7.51. The first-order valence-corrected chi connectivity index (χ1v) is 13.7. The Morgan fingerprint density at radius 2 is 1.89 bits per heavy atom. The predicted octanol–water partition coefficient (Wildman–Crippen LogP) is 8.74. The summed E-state index contributed by atoms with van der Waals surface area (Å²) in [6.45, 7) is 0.655. The van der Waals surface area contributed by atoms with Crippen LogP contribution < -0.4 is 0 Å². The Hall–Kier alpha value is -2.19. The molecular weight excluding hydrogens is 564 g/mol. The molecule has 1 unspecified atom stereocenters. The SMILES string of the molecule is O=C(c1cc(Cl)cc2cc[nH]c12)N(CCc1ccc(Cl)c(Cl)c1)Cc1cc2c(s1)CC(C(F)(F)F)CC2. The van der Waals surface area contributed by atoms with Crippen LogP contribution in [0.25, 0.3) is 10.9 Å². The number of alkyl halides is 3. The summed E-state index contributed by atoms with van der Waals surface area (Å²) in [5.74, 6) is -1.53. The molecule has 2 heterocycles. The van der Waals surface area contributed by atoms with Gasteiger partial charge in [0.1, 0.15) is 0 Å². The van der Waals surface area contributed by atoms with Gasteiger partial charge in [0, 0.05) is 32.9 Å². The van der Waals surface area contributed by atoms with E-state index in [1.54, 1.807) is 35.4 Å². The Balaban J connectivity index is 1.43. The van der Waals surface area contributed by atoms with Crippen molar-refractivity contribution >= 4 is 62.9 Å². The second kappa shape index (κ2) is 10.5. The molecule has 5 rings (SSSR count). The number of hydrogen-bond donors (Lipinski definition) is 1. The lowest BCUT2D eigenvalue weighted by Gasteiger charge is -2.24. The Morgan fingerprint density at radius 1 is 1.08 bits per heavy atom. The third-order valence-corrected chi connectivity index (χ3v) is 8.89. The van der Waals surface area contributed by atoms with E-state index in [4.69, 9.17) is 34.8 Å². The summed E-state index contributed by atoms with van der Waals surface area (Å²) in [5, 5.41) is 2.16. The number of carbonyl (C=O) groups excluding carboxylic acids is 1. The number of rotatable bonds is 6. The Labute approximate surface area is 231 Å². The molecule has 0 radical (unpaired) electrons. The molecule has 37 heavy (non-hydrogen) atoms. The first kappa shape index (κ1) is 26.4. The maximum atomic E-state index is 13.8. The molecule has 0 aliphatic heterocycles. The molecular formula is C27H22Cl3F3N2OS.